The number of carbonyl (C=O) groups is 1. The van der Waals surface area contributed by atoms with E-state index in [0.29, 0.717) is 6.04 Å². The second-order valence-corrected chi connectivity index (χ2v) is 3.24. The largest absolute Gasteiger partial charge is 0.353 e. The van der Waals surface area contributed by atoms with Crippen LogP contribution < -0.4 is 5.32 Å². The molecule has 1 heterocycles. The van der Waals surface area contributed by atoms with Crippen LogP contribution in [0.4, 0.5) is 0 Å². The molecule has 0 saturated carbocycles. The van der Waals surface area contributed by atoms with E-state index in [0.717, 1.165) is 12.8 Å². The molecule has 0 aromatic heterocycles. The van der Waals surface area contributed by atoms with Gasteiger partial charge in [0.25, 0.3) is 0 Å². The van der Waals surface area contributed by atoms with Crippen LogP contribution in [0.1, 0.15) is 33.1 Å². The van der Waals surface area contributed by atoms with E-state index in [1.54, 1.807) is 0 Å². The topological polar surface area (TPSA) is 29.1 Å². The molecule has 0 aromatic carbocycles. The maximum Gasteiger partial charge on any atom is 0.223 e. The van der Waals surface area contributed by atoms with E-state index in [1.807, 2.05) is 6.92 Å². The monoisotopic (exact) mass is 141 g/mol. The Kier molecular flexibility index (Phi) is 2.30. The lowest BCUT2D eigenvalue weighted by Gasteiger charge is -2.09. The van der Waals surface area contributed by atoms with Crippen molar-refractivity contribution in [2.75, 3.05) is 0 Å². The normalized spacial score (nSPS) is 34.8. The molecule has 0 radical (unpaired) electrons. The molecule has 10 heavy (non-hydrogen) atoms. The van der Waals surface area contributed by atoms with E-state index < -0.39 is 0 Å². The van der Waals surface area contributed by atoms with Crippen LogP contribution in [0.2, 0.25) is 0 Å². The first-order chi connectivity index (χ1) is 4.70. The Balaban J connectivity index is 2.49. The highest BCUT2D eigenvalue weighted by Gasteiger charge is 2.18. The molecule has 1 aliphatic heterocycles. The summed E-state index contributed by atoms with van der Waals surface area (Å²) in [6.45, 7) is 4.06. The van der Waals surface area contributed by atoms with Gasteiger partial charge in [-0.2, -0.15) is 0 Å². The van der Waals surface area contributed by atoms with Crippen molar-refractivity contribution < 1.29 is 4.79 Å². The highest BCUT2D eigenvalue weighted by molar-refractivity contribution is 5.78. The molecule has 0 bridgehead atoms. The smallest absolute Gasteiger partial charge is 0.223 e. The highest BCUT2D eigenvalue weighted by Crippen LogP contribution is 2.13. The van der Waals surface area contributed by atoms with E-state index in [4.69, 9.17) is 0 Å². The van der Waals surface area contributed by atoms with Crippen molar-refractivity contribution in [3.8, 4) is 0 Å². The lowest BCUT2D eigenvalue weighted by Crippen LogP contribution is -2.33. The van der Waals surface area contributed by atoms with E-state index in [9.17, 15) is 4.79 Å². The molecule has 58 valence electrons. The molecule has 0 aliphatic carbocycles. The fraction of sp³-hybridized carbons (Fsp3) is 0.875. The zero-order valence-corrected chi connectivity index (χ0v) is 6.68. The number of hydrogen-bond acceptors (Lipinski definition) is 1. The Hall–Kier alpha value is -0.530. The summed E-state index contributed by atoms with van der Waals surface area (Å²) < 4.78 is 0. The Labute approximate surface area is 62.0 Å². The van der Waals surface area contributed by atoms with Crippen molar-refractivity contribution >= 4 is 5.91 Å². The molecule has 2 nitrogen and oxygen atoms in total. The standard InChI is InChI=1S/C8H15NO/c1-6-4-3-5-7(2)9-8(6)10/h6-7H,3-5H2,1-2H3,(H,9,10)/t6-,7-/m1/s1. The SMILES string of the molecule is C[C@@H]1CCC[C@@H](C)C(=O)N1. The Morgan fingerprint density at radius 2 is 2.10 bits per heavy atom. The Morgan fingerprint density at radius 3 is 2.80 bits per heavy atom. The zero-order chi connectivity index (χ0) is 7.56. The van der Waals surface area contributed by atoms with Crippen LogP contribution >= 0.6 is 0 Å². The zero-order valence-electron chi connectivity index (χ0n) is 6.68. The molecule has 1 fully saturated rings. The molecule has 2 atom stereocenters. The van der Waals surface area contributed by atoms with Gasteiger partial charge in [-0.3, -0.25) is 4.79 Å². The van der Waals surface area contributed by atoms with Crippen molar-refractivity contribution in [1.82, 2.24) is 5.32 Å². The third kappa shape index (κ3) is 1.72. The average molecular weight is 141 g/mol. The summed E-state index contributed by atoms with van der Waals surface area (Å²) in [5.74, 6) is 0.454. The van der Waals surface area contributed by atoms with Crippen LogP contribution in [-0.2, 0) is 4.79 Å². The first-order valence-corrected chi connectivity index (χ1v) is 4.00. The second-order valence-electron chi connectivity index (χ2n) is 3.24. The van der Waals surface area contributed by atoms with Gasteiger partial charge in [-0.05, 0) is 19.8 Å². The Morgan fingerprint density at radius 1 is 1.40 bits per heavy atom. The third-order valence-corrected chi connectivity index (χ3v) is 2.11. The summed E-state index contributed by atoms with van der Waals surface area (Å²) in [5, 5.41) is 2.95. The van der Waals surface area contributed by atoms with Gasteiger partial charge < -0.3 is 5.32 Å². The number of amides is 1. The van der Waals surface area contributed by atoms with Crippen LogP contribution in [0.25, 0.3) is 0 Å². The first-order valence-electron chi connectivity index (χ1n) is 4.00. The molecule has 2 heteroatoms. The lowest BCUT2D eigenvalue weighted by atomic mass is 10.1. The van der Waals surface area contributed by atoms with Crippen LogP contribution in [0.15, 0.2) is 0 Å². The van der Waals surface area contributed by atoms with Crippen molar-refractivity contribution in [2.45, 2.75) is 39.2 Å². The maximum absolute atomic E-state index is 11.1. The molecule has 1 aliphatic rings. The minimum atomic E-state index is 0.227. The van der Waals surface area contributed by atoms with Gasteiger partial charge in [0.1, 0.15) is 0 Å². The quantitative estimate of drug-likeness (QED) is 0.541. The number of carbonyl (C=O) groups excluding carboxylic acids is 1. The average Bonchev–Trinajstić information content (AvgIpc) is 1.96. The molecule has 1 N–H and O–H groups in total. The van der Waals surface area contributed by atoms with Gasteiger partial charge in [0.05, 0.1) is 0 Å². The third-order valence-electron chi connectivity index (χ3n) is 2.11. The van der Waals surface area contributed by atoms with Crippen molar-refractivity contribution in [2.24, 2.45) is 5.92 Å². The van der Waals surface area contributed by atoms with E-state index in [-0.39, 0.29) is 11.8 Å². The van der Waals surface area contributed by atoms with Gasteiger partial charge in [0.2, 0.25) is 5.91 Å². The molecular weight excluding hydrogens is 126 g/mol. The Bertz CT molecular complexity index is 133. The van der Waals surface area contributed by atoms with Gasteiger partial charge in [-0.25, -0.2) is 0 Å². The molecule has 1 amide bonds. The molecule has 0 unspecified atom stereocenters. The first kappa shape index (κ1) is 7.58. The van der Waals surface area contributed by atoms with Gasteiger partial charge in [0.15, 0.2) is 0 Å². The fourth-order valence-corrected chi connectivity index (χ4v) is 1.32. The summed E-state index contributed by atoms with van der Waals surface area (Å²) in [6.07, 6.45) is 3.37. The molecule has 1 saturated heterocycles. The van der Waals surface area contributed by atoms with E-state index in [2.05, 4.69) is 12.2 Å². The van der Waals surface area contributed by atoms with Crippen LogP contribution in [0.3, 0.4) is 0 Å². The van der Waals surface area contributed by atoms with Gasteiger partial charge in [0, 0.05) is 12.0 Å². The summed E-state index contributed by atoms with van der Waals surface area (Å²) >= 11 is 0. The minimum absolute atomic E-state index is 0.227. The maximum atomic E-state index is 11.1. The van der Waals surface area contributed by atoms with Crippen molar-refractivity contribution in [3.63, 3.8) is 0 Å². The summed E-state index contributed by atoms with van der Waals surface area (Å²) in [5.41, 5.74) is 0. The van der Waals surface area contributed by atoms with E-state index >= 15 is 0 Å². The number of nitrogens with one attached hydrogen (secondary N) is 1. The molecule has 1 rings (SSSR count). The summed E-state index contributed by atoms with van der Waals surface area (Å²) in [6, 6.07) is 0.387. The second kappa shape index (κ2) is 3.04. The van der Waals surface area contributed by atoms with Gasteiger partial charge in [-0.15, -0.1) is 0 Å². The minimum Gasteiger partial charge on any atom is -0.353 e. The van der Waals surface area contributed by atoms with Crippen LogP contribution in [-0.4, -0.2) is 11.9 Å². The van der Waals surface area contributed by atoms with E-state index in [1.165, 1.54) is 6.42 Å². The predicted molar refractivity (Wildman–Crippen MR) is 40.6 cm³/mol. The van der Waals surface area contributed by atoms with Crippen LogP contribution in [0, 0.1) is 5.92 Å². The number of rotatable bonds is 0. The van der Waals surface area contributed by atoms with Crippen LogP contribution in [0.5, 0.6) is 0 Å². The van der Waals surface area contributed by atoms with Gasteiger partial charge >= 0.3 is 0 Å². The van der Waals surface area contributed by atoms with Gasteiger partial charge in [-0.1, -0.05) is 13.3 Å². The van der Waals surface area contributed by atoms with Crippen molar-refractivity contribution in [1.29, 1.82) is 0 Å². The van der Waals surface area contributed by atoms with Crippen molar-refractivity contribution in [3.05, 3.63) is 0 Å². The molecule has 0 spiro atoms. The molecular formula is C8H15NO. The predicted octanol–water partition coefficient (Wildman–Crippen LogP) is 1.31. The fourth-order valence-electron chi connectivity index (χ4n) is 1.32. The molecule has 0 aromatic rings. The summed E-state index contributed by atoms with van der Waals surface area (Å²) in [4.78, 5) is 11.1. The lowest BCUT2D eigenvalue weighted by molar-refractivity contribution is -0.124. The number of hydrogen-bond donors (Lipinski definition) is 1. The highest BCUT2D eigenvalue weighted by atomic mass is 16.1. The summed E-state index contributed by atoms with van der Waals surface area (Å²) in [7, 11) is 0.